The van der Waals surface area contributed by atoms with Crippen LogP contribution in [0.25, 0.3) is 22.6 Å². The lowest BCUT2D eigenvalue weighted by Gasteiger charge is -2.19. The summed E-state index contributed by atoms with van der Waals surface area (Å²) in [5, 5.41) is 18.9. The van der Waals surface area contributed by atoms with Gasteiger partial charge in [0.25, 0.3) is 0 Å². The Morgan fingerprint density at radius 2 is 1.96 bits per heavy atom. The maximum absolute atomic E-state index is 11.1. The van der Waals surface area contributed by atoms with Gasteiger partial charge in [0, 0.05) is 16.8 Å². The zero-order chi connectivity index (χ0) is 19.8. The van der Waals surface area contributed by atoms with Crippen LogP contribution in [-0.4, -0.2) is 16.1 Å². The van der Waals surface area contributed by atoms with Gasteiger partial charge >= 0.3 is 5.97 Å². The molecule has 1 aliphatic carbocycles. The molecule has 0 aliphatic heterocycles. The van der Waals surface area contributed by atoms with E-state index in [-0.39, 0.29) is 16.4 Å². The van der Waals surface area contributed by atoms with Gasteiger partial charge in [0.1, 0.15) is 29.0 Å². The Labute approximate surface area is 166 Å². The molecule has 0 saturated heterocycles. The van der Waals surface area contributed by atoms with E-state index in [1.807, 2.05) is 0 Å². The number of furan rings is 1. The highest BCUT2D eigenvalue weighted by molar-refractivity contribution is 6.33. The molecule has 7 heteroatoms. The van der Waals surface area contributed by atoms with Crippen molar-refractivity contribution in [2.24, 2.45) is 0 Å². The van der Waals surface area contributed by atoms with Gasteiger partial charge < -0.3 is 15.3 Å². The van der Waals surface area contributed by atoms with E-state index in [1.165, 1.54) is 6.07 Å². The number of carboxylic acids is 1. The summed E-state index contributed by atoms with van der Waals surface area (Å²) >= 11 is 6.07. The van der Waals surface area contributed by atoms with Crippen molar-refractivity contribution < 1.29 is 14.3 Å². The van der Waals surface area contributed by atoms with E-state index >= 15 is 0 Å². The van der Waals surface area contributed by atoms with Gasteiger partial charge in [-0.3, -0.25) is 0 Å². The number of nitrogens with two attached hydrogens (primary N) is 1. The quantitative estimate of drug-likeness (QED) is 0.667. The Balaban J connectivity index is 1.83. The van der Waals surface area contributed by atoms with E-state index in [0.717, 1.165) is 36.9 Å². The van der Waals surface area contributed by atoms with Gasteiger partial charge in [-0.2, -0.15) is 5.26 Å². The van der Waals surface area contributed by atoms with Gasteiger partial charge in [-0.05, 0) is 55.5 Å². The van der Waals surface area contributed by atoms with Crippen molar-refractivity contribution in [1.82, 2.24) is 4.98 Å². The second-order valence-electron chi connectivity index (χ2n) is 6.65. The van der Waals surface area contributed by atoms with Gasteiger partial charge in [-0.25, -0.2) is 9.78 Å². The fraction of sp³-hybridized carbons (Fsp3) is 0.190. The van der Waals surface area contributed by atoms with Gasteiger partial charge in [-0.15, -0.1) is 0 Å². The molecule has 1 aromatic carbocycles. The SMILES string of the molecule is N#Cc1c(N)nc2c(c1-c1ccc(-c3ccc(C(=O)O)c(Cl)c3)o1)CCCC2. The summed E-state index contributed by atoms with van der Waals surface area (Å²) in [4.78, 5) is 15.6. The first kappa shape index (κ1) is 18.1. The third-order valence-electron chi connectivity index (χ3n) is 4.95. The summed E-state index contributed by atoms with van der Waals surface area (Å²) in [6.45, 7) is 0. The van der Waals surface area contributed by atoms with Gasteiger partial charge in [0.15, 0.2) is 0 Å². The molecule has 1 aliphatic rings. The number of nitrogen functional groups attached to an aromatic ring is 1. The average Bonchev–Trinajstić information content (AvgIpc) is 3.16. The van der Waals surface area contributed by atoms with E-state index < -0.39 is 5.97 Å². The number of rotatable bonds is 3. The van der Waals surface area contributed by atoms with Crippen molar-refractivity contribution in [2.45, 2.75) is 25.7 Å². The van der Waals surface area contributed by atoms with Crippen LogP contribution in [0.15, 0.2) is 34.7 Å². The van der Waals surface area contributed by atoms with Crippen molar-refractivity contribution >= 4 is 23.4 Å². The van der Waals surface area contributed by atoms with Crippen LogP contribution in [0.3, 0.4) is 0 Å². The second-order valence-corrected chi connectivity index (χ2v) is 7.06. The highest BCUT2D eigenvalue weighted by atomic mass is 35.5. The van der Waals surface area contributed by atoms with Gasteiger partial charge in [-0.1, -0.05) is 17.7 Å². The molecule has 28 heavy (non-hydrogen) atoms. The van der Waals surface area contributed by atoms with Crippen molar-refractivity contribution in [3.63, 3.8) is 0 Å². The van der Waals surface area contributed by atoms with Crippen LogP contribution >= 0.6 is 11.6 Å². The van der Waals surface area contributed by atoms with Crippen LogP contribution < -0.4 is 5.73 Å². The number of fused-ring (bicyclic) bond motifs is 1. The number of nitriles is 1. The first-order valence-corrected chi connectivity index (χ1v) is 9.22. The Bertz CT molecular complexity index is 1140. The topological polar surface area (TPSA) is 113 Å². The lowest BCUT2D eigenvalue weighted by Crippen LogP contribution is -2.11. The molecule has 0 saturated carbocycles. The minimum atomic E-state index is -1.09. The number of anilines is 1. The molecule has 2 aromatic heterocycles. The highest BCUT2D eigenvalue weighted by Gasteiger charge is 2.24. The molecule has 0 amide bonds. The molecular weight excluding hydrogens is 378 g/mol. The third-order valence-corrected chi connectivity index (χ3v) is 5.26. The highest BCUT2D eigenvalue weighted by Crippen LogP contribution is 2.38. The lowest BCUT2D eigenvalue weighted by atomic mass is 9.89. The maximum atomic E-state index is 11.1. The smallest absolute Gasteiger partial charge is 0.337 e. The summed E-state index contributed by atoms with van der Waals surface area (Å²) in [5.74, 6) is 0.189. The largest absolute Gasteiger partial charge is 0.478 e. The minimum Gasteiger partial charge on any atom is -0.478 e. The number of aromatic carboxylic acids is 1. The first-order valence-electron chi connectivity index (χ1n) is 8.84. The monoisotopic (exact) mass is 393 g/mol. The van der Waals surface area contributed by atoms with E-state index in [2.05, 4.69) is 11.1 Å². The van der Waals surface area contributed by atoms with Crippen LogP contribution in [0.4, 0.5) is 5.82 Å². The molecule has 0 spiro atoms. The molecule has 0 radical (unpaired) electrons. The van der Waals surface area contributed by atoms with E-state index in [0.29, 0.717) is 28.2 Å². The maximum Gasteiger partial charge on any atom is 0.337 e. The van der Waals surface area contributed by atoms with Crippen molar-refractivity contribution in [3.8, 4) is 28.7 Å². The fourth-order valence-electron chi connectivity index (χ4n) is 3.62. The summed E-state index contributed by atoms with van der Waals surface area (Å²) < 4.78 is 6.03. The molecule has 4 rings (SSSR count). The summed E-state index contributed by atoms with van der Waals surface area (Å²) in [7, 11) is 0. The zero-order valence-corrected chi connectivity index (χ0v) is 15.6. The Hall–Kier alpha value is -3.30. The zero-order valence-electron chi connectivity index (χ0n) is 14.8. The molecule has 0 atom stereocenters. The molecule has 0 unspecified atom stereocenters. The molecule has 6 nitrogen and oxygen atoms in total. The number of benzene rings is 1. The van der Waals surface area contributed by atoms with Crippen LogP contribution in [-0.2, 0) is 12.8 Å². The van der Waals surface area contributed by atoms with Crippen molar-refractivity contribution in [3.05, 3.63) is 57.7 Å². The summed E-state index contributed by atoms with van der Waals surface area (Å²) in [6.07, 6.45) is 3.72. The molecule has 140 valence electrons. The molecule has 3 N–H and O–H groups in total. The number of pyridine rings is 1. The molecule has 2 heterocycles. The second kappa shape index (κ2) is 7.02. The Morgan fingerprint density at radius 1 is 1.21 bits per heavy atom. The molecule has 0 fully saturated rings. The third kappa shape index (κ3) is 3.00. The molecular formula is C21H16ClN3O3. The number of carbonyl (C=O) groups is 1. The van der Waals surface area contributed by atoms with Crippen molar-refractivity contribution in [1.29, 1.82) is 5.26 Å². The first-order chi connectivity index (χ1) is 13.5. The van der Waals surface area contributed by atoms with Crippen molar-refractivity contribution in [2.75, 3.05) is 5.73 Å². The van der Waals surface area contributed by atoms with Crippen LogP contribution in [0.2, 0.25) is 5.02 Å². The number of carboxylic acid groups (broad SMARTS) is 1. The number of hydrogen-bond donors (Lipinski definition) is 2. The van der Waals surface area contributed by atoms with Gasteiger partial charge in [0.05, 0.1) is 10.6 Å². The predicted molar refractivity (Wildman–Crippen MR) is 105 cm³/mol. The fourth-order valence-corrected chi connectivity index (χ4v) is 3.88. The number of nitrogens with zero attached hydrogens (tertiary/aromatic N) is 2. The average molecular weight is 394 g/mol. The van der Waals surface area contributed by atoms with E-state index in [4.69, 9.17) is 26.9 Å². The lowest BCUT2D eigenvalue weighted by molar-refractivity contribution is 0.0697. The summed E-state index contributed by atoms with van der Waals surface area (Å²) in [6, 6.07) is 10.3. The molecule has 3 aromatic rings. The Morgan fingerprint density at radius 3 is 2.68 bits per heavy atom. The number of halogens is 1. The van der Waals surface area contributed by atoms with Gasteiger partial charge in [0.2, 0.25) is 0 Å². The molecule has 0 bridgehead atoms. The van der Waals surface area contributed by atoms with E-state index in [9.17, 15) is 10.1 Å². The number of hydrogen-bond acceptors (Lipinski definition) is 5. The normalized spacial score (nSPS) is 13.0. The van der Waals surface area contributed by atoms with Crippen LogP contribution in [0.5, 0.6) is 0 Å². The van der Waals surface area contributed by atoms with Crippen LogP contribution in [0, 0.1) is 11.3 Å². The number of aromatic nitrogens is 1. The standard InChI is InChI=1S/C21H16ClN3O3/c22-15-9-11(5-6-12(15)21(26)27)17-7-8-18(28-17)19-13-3-1-2-4-16(13)25-20(24)14(19)10-23/h5-9H,1-4H2,(H2,24,25)(H,26,27). The van der Waals surface area contributed by atoms with Crippen LogP contribution in [0.1, 0.15) is 40.0 Å². The Kier molecular flexibility index (Phi) is 4.54. The summed E-state index contributed by atoms with van der Waals surface area (Å²) in [5.41, 5.74) is 9.65. The predicted octanol–water partition coefficient (Wildman–Crippen LogP) is 4.69. The number of aryl methyl sites for hydroxylation is 1. The van der Waals surface area contributed by atoms with E-state index in [1.54, 1.807) is 24.3 Å². The minimum absolute atomic E-state index is 0.0277.